The van der Waals surface area contributed by atoms with E-state index in [4.69, 9.17) is 4.98 Å². The Kier molecular flexibility index (Phi) is 6.74. The summed E-state index contributed by atoms with van der Waals surface area (Å²) in [6.07, 6.45) is 0. The summed E-state index contributed by atoms with van der Waals surface area (Å²) in [6.45, 7) is 7.21. The summed E-state index contributed by atoms with van der Waals surface area (Å²) in [7, 11) is -1.33. The highest BCUT2D eigenvalue weighted by atomic mass is 32.1. The molecule has 0 fully saturated rings. The maximum atomic E-state index is 4.83. The van der Waals surface area contributed by atoms with Crippen LogP contribution in [0.15, 0.2) is 146 Å². The van der Waals surface area contributed by atoms with E-state index in [1.165, 1.54) is 64.8 Å². The average molecular weight is 612 g/mol. The molecule has 7 aromatic carbocycles. The first-order chi connectivity index (χ1) is 21.9. The van der Waals surface area contributed by atoms with E-state index in [-0.39, 0.29) is 0 Å². The van der Waals surface area contributed by atoms with Crippen LogP contribution in [0.4, 0.5) is 0 Å². The lowest BCUT2D eigenvalue weighted by molar-refractivity contribution is 1.48. The summed E-state index contributed by atoms with van der Waals surface area (Å²) in [5.41, 5.74) is 9.73. The van der Waals surface area contributed by atoms with E-state index >= 15 is 0 Å². The Morgan fingerprint density at radius 2 is 1.00 bits per heavy atom. The number of para-hydroxylation sites is 1. The first-order valence-corrected chi connectivity index (χ1v) is 19.9. The lowest BCUT2D eigenvalue weighted by Crippen LogP contribution is -2.37. The number of benzene rings is 7. The van der Waals surface area contributed by atoms with E-state index in [9.17, 15) is 0 Å². The standard InChI is InChI=1S/C42H33NSSi/c1-45(2,3)35-22-20-29(21-23-35)36-24-25-37(39-9-5-4-8-38(36)39)34-19-18-32-26-31(16-17-33(32)27-34)28-12-14-30(15-13-28)42-43-40-10-6-7-11-41(40)44-42/h4-27H,1-3H3. The van der Waals surface area contributed by atoms with Gasteiger partial charge in [0.15, 0.2) is 0 Å². The number of nitrogens with zero attached hydrogens (tertiary/aromatic N) is 1. The van der Waals surface area contributed by atoms with Crippen molar-refractivity contribution in [2.24, 2.45) is 0 Å². The van der Waals surface area contributed by atoms with Gasteiger partial charge in [0, 0.05) is 5.56 Å². The summed E-state index contributed by atoms with van der Waals surface area (Å²) < 4.78 is 1.22. The Labute approximate surface area is 269 Å². The van der Waals surface area contributed by atoms with E-state index in [2.05, 4.69) is 159 Å². The minimum absolute atomic E-state index is 1.06. The molecule has 0 unspecified atom stereocenters. The van der Waals surface area contributed by atoms with Gasteiger partial charge in [0.25, 0.3) is 0 Å². The maximum absolute atomic E-state index is 4.83. The third kappa shape index (κ3) is 5.18. The maximum Gasteiger partial charge on any atom is 0.124 e. The second-order valence-corrected chi connectivity index (χ2v) is 19.0. The summed E-state index contributed by atoms with van der Waals surface area (Å²) in [4.78, 5) is 4.83. The zero-order chi connectivity index (χ0) is 30.5. The molecule has 0 N–H and O–H groups in total. The molecule has 0 aliphatic heterocycles. The van der Waals surface area contributed by atoms with Crippen molar-refractivity contribution in [1.29, 1.82) is 0 Å². The Hall–Kier alpha value is -4.83. The minimum atomic E-state index is -1.33. The summed E-state index contributed by atoms with van der Waals surface area (Å²) in [6, 6.07) is 53.5. The molecule has 0 spiro atoms. The van der Waals surface area contributed by atoms with Crippen LogP contribution >= 0.6 is 11.3 Å². The number of rotatable bonds is 5. The lowest BCUT2D eigenvalue weighted by Gasteiger charge is -2.17. The molecule has 0 aliphatic rings. The van der Waals surface area contributed by atoms with Crippen molar-refractivity contribution >= 4 is 56.4 Å². The molecule has 0 amide bonds. The Balaban J connectivity index is 1.11. The van der Waals surface area contributed by atoms with E-state index in [1.807, 2.05) is 6.07 Å². The topological polar surface area (TPSA) is 12.9 Å². The first kappa shape index (κ1) is 27.7. The molecule has 0 aliphatic carbocycles. The molecule has 8 aromatic rings. The lowest BCUT2D eigenvalue weighted by atomic mass is 9.91. The van der Waals surface area contributed by atoms with Crippen LogP contribution in [-0.4, -0.2) is 13.1 Å². The van der Waals surface area contributed by atoms with Crippen LogP contribution in [-0.2, 0) is 0 Å². The molecule has 216 valence electrons. The van der Waals surface area contributed by atoms with E-state index in [0.717, 1.165) is 16.1 Å². The quantitative estimate of drug-likeness (QED) is 0.176. The van der Waals surface area contributed by atoms with Crippen LogP contribution in [0.5, 0.6) is 0 Å². The van der Waals surface area contributed by atoms with Crippen LogP contribution in [0.2, 0.25) is 19.6 Å². The molecule has 3 heteroatoms. The molecular weight excluding hydrogens is 579 g/mol. The number of aromatic nitrogens is 1. The van der Waals surface area contributed by atoms with Crippen LogP contribution in [0.3, 0.4) is 0 Å². The van der Waals surface area contributed by atoms with Crippen molar-refractivity contribution in [3.63, 3.8) is 0 Å². The van der Waals surface area contributed by atoms with Crippen molar-refractivity contribution in [1.82, 2.24) is 4.98 Å². The molecule has 0 radical (unpaired) electrons. The molecule has 0 saturated carbocycles. The van der Waals surface area contributed by atoms with E-state index < -0.39 is 8.07 Å². The Bertz CT molecular complexity index is 2310. The first-order valence-electron chi connectivity index (χ1n) is 15.5. The number of fused-ring (bicyclic) bond motifs is 3. The van der Waals surface area contributed by atoms with Gasteiger partial charge in [-0.25, -0.2) is 4.98 Å². The third-order valence-electron chi connectivity index (χ3n) is 8.90. The second-order valence-electron chi connectivity index (χ2n) is 12.9. The van der Waals surface area contributed by atoms with E-state index in [1.54, 1.807) is 11.3 Å². The smallest absolute Gasteiger partial charge is 0.124 e. The van der Waals surface area contributed by atoms with Crippen molar-refractivity contribution in [2.75, 3.05) is 0 Å². The van der Waals surface area contributed by atoms with Crippen LogP contribution in [0.1, 0.15) is 0 Å². The van der Waals surface area contributed by atoms with Crippen molar-refractivity contribution in [3.05, 3.63) is 146 Å². The van der Waals surface area contributed by atoms with Gasteiger partial charge in [-0.3, -0.25) is 0 Å². The predicted octanol–water partition coefficient (Wildman–Crippen LogP) is 11.8. The predicted molar refractivity (Wildman–Crippen MR) is 199 cm³/mol. The monoisotopic (exact) mass is 611 g/mol. The van der Waals surface area contributed by atoms with Gasteiger partial charge < -0.3 is 0 Å². The highest BCUT2D eigenvalue weighted by molar-refractivity contribution is 7.21. The SMILES string of the molecule is C[Si](C)(C)c1ccc(-c2ccc(-c3ccc4cc(-c5ccc(-c6nc7ccccc7s6)cc5)ccc4c3)c3ccccc23)cc1. The molecule has 8 rings (SSSR count). The van der Waals surface area contributed by atoms with E-state index in [0.29, 0.717) is 0 Å². The van der Waals surface area contributed by atoms with Crippen molar-refractivity contribution < 1.29 is 0 Å². The fraction of sp³-hybridized carbons (Fsp3) is 0.0714. The van der Waals surface area contributed by atoms with Crippen LogP contribution in [0.25, 0.3) is 75.7 Å². The zero-order valence-corrected chi connectivity index (χ0v) is 27.5. The van der Waals surface area contributed by atoms with Gasteiger partial charge in [-0.05, 0) is 79.2 Å². The van der Waals surface area contributed by atoms with Gasteiger partial charge in [-0.2, -0.15) is 0 Å². The third-order valence-corrected chi connectivity index (χ3v) is 12.0. The minimum Gasteiger partial charge on any atom is -0.236 e. The molecule has 0 atom stereocenters. The van der Waals surface area contributed by atoms with Gasteiger partial charge in [-0.1, -0.05) is 146 Å². The fourth-order valence-electron chi connectivity index (χ4n) is 6.35. The molecular formula is C42H33NSSi. The summed E-state index contributed by atoms with van der Waals surface area (Å²) in [5.74, 6) is 0. The van der Waals surface area contributed by atoms with Crippen molar-refractivity contribution in [3.8, 4) is 44.0 Å². The van der Waals surface area contributed by atoms with Gasteiger partial charge in [0.1, 0.15) is 5.01 Å². The van der Waals surface area contributed by atoms with Gasteiger partial charge in [0.2, 0.25) is 0 Å². The average Bonchev–Trinajstić information content (AvgIpc) is 3.52. The zero-order valence-electron chi connectivity index (χ0n) is 25.7. The number of hydrogen-bond acceptors (Lipinski definition) is 2. The van der Waals surface area contributed by atoms with Gasteiger partial charge in [-0.15, -0.1) is 11.3 Å². The Morgan fingerprint density at radius 3 is 1.67 bits per heavy atom. The number of thiazole rings is 1. The van der Waals surface area contributed by atoms with Gasteiger partial charge >= 0.3 is 0 Å². The molecule has 0 bridgehead atoms. The highest BCUT2D eigenvalue weighted by Crippen LogP contribution is 2.37. The fourth-order valence-corrected chi connectivity index (χ4v) is 8.48. The molecule has 45 heavy (non-hydrogen) atoms. The summed E-state index contributed by atoms with van der Waals surface area (Å²) in [5, 5.41) is 7.63. The molecule has 1 heterocycles. The van der Waals surface area contributed by atoms with Crippen molar-refractivity contribution in [2.45, 2.75) is 19.6 Å². The van der Waals surface area contributed by atoms with Gasteiger partial charge in [0.05, 0.1) is 18.3 Å². The number of hydrogen-bond donors (Lipinski definition) is 0. The second kappa shape index (κ2) is 11.0. The van der Waals surface area contributed by atoms with Crippen LogP contribution in [0, 0.1) is 0 Å². The Morgan fingerprint density at radius 1 is 0.467 bits per heavy atom. The largest absolute Gasteiger partial charge is 0.236 e. The molecule has 0 saturated heterocycles. The normalized spacial score (nSPS) is 11.9. The summed E-state index contributed by atoms with van der Waals surface area (Å²) >= 11 is 1.74. The molecule has 1 nitrogen and oxygen atoms in total. The highest BCUT2D eigenvalue weighted by Gasteiger charge is 2.17. The van der Waals surface area contributed by atoms with Crippen LogP contribution < -0.4 is 5.19 Å². The molecule has 1 aromatic heterocycles.